The van der Waals surface area contributed by atoms with E-state index in [1.54, 1.807) is 0 Å². The van der Waals surface area contributed by atoms with E-state index in [0.717, 1.165) is 12.5 Å². The molecule has 0 aromatic heterocycles. The van der Waals surface area contributed by atoms with Crippen LogP contribution < -0.4 is 5.32 Å². The first-order valence-electron chi connectivity index (χ1n) is 7.07. The first kappa shape index (κ1) is 13.6. The topological polar surface area (TPSA) is 12.0 Å². The summed E-state index contributed by atoms with van der Waals surface area (Å²) < 4.78 is 0. The lowest BCUT2D eigenvalue weighted by molar-refractivity contribution is 0.392. The monoisotopic (exact) mass is 245 g/mol. The van der Waals surface area contributed by atoms with Crippen LogP contribution in [0.5, 0.6) is 0 Å². The van der Waals surface area contributed by atoms with Crippen LogP contribution in [0, 0.1) is 19.8 Å². The molecule has 1 aliphatic carbocycles. The lowest BCUT2D eigenvalue weighted by Crippen LogP contribution is -2.41. The summed E-state index contributed by atoms with van der Waals surface area (Å²) >= 11 is 0. The Morgan fingerprint density at radius 1 is 1.22 bits per heavy atom. The van der Waals surface area contributed by atoms with Crippen molar-refractivity contribution in [2.24, 2.45) is 5.92 Å². The van der Waals surface area contributed by atoms with Crippen molar-refractivity contribution in [3.8, 4) is 0 Å². The summed E-state index contributed by atoms with van der Waals surface area (Å²) in [5.41, 5.74) is 4.92. The van der Waals surface area contributed by atoms with Gasteiger partial charge >= 0.3 is 0 Å². The summed E-state index contributed by atoms with van der Waals surface area (Å²) in [5.74, 6) is 0.800. The van der Waals surface area contributed by atoms with Crippen LogP contribution in [0.1, 0.15) is 50.8 Å². The largest absolute Gasteiger partial charge is 0.311 e. The number of hydrogen-bond acceptors (Lipinski definition) is 1. The van der Waals surface area contributed by atoms with Crippen LogP contribution in [0.25, 0.3) is 0 Å². The molecule has 2 rings (SSSR count). The van der Waals surface area contributed by atoms with E-state index in [4.69, 9.17) is 0 Å². The van der Waals surface area contributed by atoms with Gasteiger partial charge in [0.1, 0.15) is 0 Å². The smallest absolute Gasteiger partial charge is 0.0107 e. The van der Waals surface area contributed by atoms with E-state index in [1.165, 1.54) is 23.1 Å². The predicted molar refractivity (Wildman–Crippen MR) is 79.1 cm³/mol. The molecule has 1 aromatic carbocycles. The Labute approximate surface area is 112 Å². The second kappa shape index (κ2) is 4.38. The average Bonchev–Trinajstić information content (AvgIpc) is 2.91. The highest BCUT2D eigenvalue weighted by molar-refractivity contribution is 5.39. The van der Waals surface area contributed by atoms with Crippen LogP contribution in [-0.2, 0) is 5.41 Å². The third-order valence-corrected chi connectivity index (χ3v) is 4.47. The van der Waals surface area contributed by atoms with Crippen LogP contribution in [0.3, 0.4) is 0 Å². The van der Waals surface area contributed by atoms with Crippen molar-refractivity contribution in [1.82, 2.24) is 5.32 Å². The first-order valence-corrected chi connectivity index (χ1v) is 7.07. The molecule has 0 bridgehead atoms. The van der Waals surface area contributed by atoms with Gasteiger partial charge in [-0.05, 0) is 63.6 Å². The molecule has 1 heteroatoms. The lowest BCUT2D eigenvalue weighted by atomic mass is 9.90. The number of nitrogens with one attached hydrogen (secondary N) is 1. The average molecular weight is 245 g/mol. The molecule has 1 N–H and O–H groups in total. The Hall–Kier alpha value is -0.820. The summed E-state index contributed by atoms with van der Waals surface area (Å²) in [7, 11) is 0. The fourth-order valence-electron chi connectivity index (χ4n) is 2.71. The van der Waals surface area contributed by atoms with E-state index in [2.05, 4.69) is 65.1 Å². The second-order valence-electron chi connectivity index (χ2n) is 7.16. The highest BCUT2D eigenvalue weighted by atomic mass is 15.0. The van der Waals surface area contributed by atoms with Crippen molar-refractivity contribution in [3.63, 3.8) is 0 Å². The SMILES string of the molecule is Cc1ccc(C2(CNC(C)(C)C)CC2C)cc1C. The zero-order valence-corrected chi connectivity index (χ0v) is 12.7. The van der Waals surface area contributed by atoms with Crippen molar-refractivity contribution in [2.75, 3.05) is 6.54 Å². The van der Waals surface area contributed by atoms with Gasteiger partial charge < -0.3 is 5.32 Å². The summed E-state index contributed by atoms with van der Waals surface area (Å²) in [6.45, 7) is 14.6. The number of rotatable bonds is 3. The third kappa shape index (κ3) is 2.61. The van der Waals surface area contributed by atoms with Crippen LogP contribution in [0.15, 0.2) is 18.2 Å². The molecule has 1 nitrogen and oxygen atoms in total. The minimum absolute atomic E-state index is 0.203. The maximum absolute atomic E-state index is 3.69. The highest BCUT2D eigenvalue weighted by Gasteiger charge is 2.52. The van der Waals surface area contributed by atoms with Gasteiger partial charge in [0.15, 0.2) is 0 Å². The fourth-order valence-corrected chi connectivity index (χ4v) is 2.71. The van der Waals surface area contributed by atoms with Gasteiger partial charge in [-0.25, -0.2) is 0 Å². The highest BCUT2D eigenvalue weighted by Crippen LogP contribution is 2.53. The van der Waals surface area contributed by atoms with Crippen molar-refractivity contribution in [2.45, 2.75) is 58.9 Å². The van der Waals surface area contributed by atoms with Crippen LogP contribution in [0.4, 0.5) is 0 Å². The molecule has 2 unspecified atom stereocenters. The van der Waals surface area contributed by atoms with Gasteiger partial charge in [-0.2, -0.15) is 0 Å². The van der Waals surface area contributed by atoms with E-state index in [9.17, 15) is 0 Å². The minimum atomic E-state index is 0.203. The number of hydrogen-bond donors (Lipinski definition) is 1. The molecule has 0 spiro atoms. The Bertz CT molecular complexity index is 441. The standard InChI is InChI=1S/C17H27N/c1-12-7-8-15(9-13(12)2)17(10-14(17)3)11-18-16(4,5)6/h7-9,14,18H,10-11H2,1-6H3. The van der Waals surface area contributed by atoms with Gasteiger partial charge in [0.2, 0.25) is 0 Å². The molecular weight excluding hydrogens is 218 g/mol. The summed E-state index contributed by atoms with van der Waals surface area (Å²) in [6.07, 6.45) is 1.32. The number of aryl methyl sites for hydroxylation is 2. The van der Waals surface area contributed by atoms with Gasteiger partial charge in [0.25, 0.3) is 0 Å². The van der Waals surface area contributed by atoms with Crippen LogP contribution in [-0.4, -0.2) is 12.1 Å². The van der Waals surface area contributed by atoms with Gasteiger partial charge in [0.05, 0.1) is 0 Å². The van der Waals surface area contributed by atoms with Crippen LogP contribution in [0.2, 0.25) is 0 Å². The molecule has 0 aliphatic heterocycles. The molecule has 0 saturated heterocycles. The van der Waals surface area contributed by atoms with Gasteiger partial charge in [-0.3, -0.25) is 0 Å². The first-order chi connectivity index (χ1) is 8.24. The predicted octanol–water partition coefficient (Wildman–Crippen LogP) is 3.97. The zero-order chi connectivity index (χ0) is 13.6. The minimum Gasteiger partial charge on any atom is -0.311 e. The second-order valence-corrected chi connectivity index (χ2v) is 7.16. The van der Waals surface area contributed by atoms with Crippen LogP contribution >= 0.6 is 0 Å². The van der Waals surface area contributed by atoms with Crippen molar-refractivity contribution in [1.29, 1.82) is 0 Å². The molecule has 1 aliphatic rings. The maximum Gasteiger partial charge on any atom is 0.0107 e. The normalized spacial score (nSPS) is 27.3. The summed E-state index contributed by atoms with van der Waals surface area (Å²) in [5, 5.41) is 3.69. The molecule has 0 radical (unpaired) electrons. The molecule has 18 heavy (non-hydrogen) atoms. The van der Waals surface area contributed by atoms with Gasteiger partial charge in [0, 0.05) is 17.5 Å². The van der Waals surface area contributed by atoms with E-state index in [-0.39, 0.29) is 5.54 Å². The van der Waals surface area contributed by atoms with Crippen molar-refractivity contribution < 1.29 is 0 Å². The van der Waals surface area contributed by atoms with E-state index in [0.29, 0.717) is 5.41 Å². The molecule has 100 valence electrons. The van der Waals surface area contributed by atoms with Crippen molar-refractivity contribution >= 4 is 0 Å². The van der Waals surface area contributed by atoms with E-state index < -0.39 is 0 Å². The molecule has 0 heterocycles. The molecule has 0 amide bonds. The Morgan fingerprint density at radius 3 is 2.28 bits per heavy atom. The van der Waals surface area contributed by atoms with Gasteiger partial charge in [-0.15, -0.1) is 0 Å². The molecule has 1 saturated carbocycles. The molecule has 1 fully saturated rings. The summed E-state index contributed by atoms with van der Waals surface area (Å²) in [4.78, 5) is 0. The Morgan fingerprint density at radius 2 is 1.83 bits per heavy atom. The van der Waals surface area contributed by atoms with E-state index in [1.807, 2.05) is 0 Å². The molecular formula is C17H27N. The quantitative estimate of drug-likeness (QED) is 0.849. The van der Waals surface area contributed by atoms with Gasteiger partial charge in [-0.1, -0.05) is 25.1 Å². The Kier molecular flexibility index (Phi) is 3.31. The zero-order valence-electron chi connectivity index (χ0n) is 12.7. The van der Waals surface area contributed by atoms with Crippen molar-refractivity contribution in [3.05, 3.63) is 34.9 Å². The lowest BCUT2D eigenvalue weighted by Gasteiger charge is -2.26. The maximum atomic E-state index is 3.69. The Balaban J connectivity index is 2.20. The third-order valence-electron chi connectivity index (χ3n) is 4.47. The van der Waals surface area contributed by atoms with E-state index >= 15 is 0 Å². The fraction of sp³-hybridized carbons (Fsp3) is 0.647. The molecule has 2 atom stereocenters. The molecule has 1 aromatic rings. The summed E-state index contributed by atoms with van der Waals surface area (Å²) in [6, 6.07) is 6.99. The number of benzene rings is 1.